The number of aromatic hydroxyl groups is 1. The number of anilines is 1. The molecule has 0 bridgehead atoms. The van der Waals surface area contributed by atoms with Crippen LogP contribution in [0.5, 0.6) is 17.2 Å². The molecule has 394 valence electrons. The van der Waals surface area contributed by atoms with E-state index in [0.717, 1.165) is 18.9 Å². The molecule has 4 N–H and O–H groups in total. The summed E-state index contributed by atoms with van der Waals surface area (Å²) in [6, 6.07) is 13.2. The summed E-state index contributed by atoms with van der Waals surface area (Å²) in [7, 11) is 0. The highest BCUT2D eigenvalue weighted by Crippen LogP contribution is 2.33. The number of aliphatic hydroxyl groups excluding tert-OH is 1. The fourth-order valence-electron chi connectivity index (χ4n) is 6.70. The van der Waals surface area contributed by atoms with E-state index in [1.165, 1.54) is 24.3 Å². The summed E-state index contributed by atoms with van der Waals surface area (Å²) in [6.45, 7) is 20.0. The van der Waals surface area contributed by atoms with E-state index in [2.05, 4.69) is 0 Å². The van der Waals surface area contributed by atoms with Gasteiger partial charge in [0.2, 0.25) is 0 Å². The van der Waals surface area contributed by atoms with Gasteiger partial charge >= 0.3 is 29.7 Å². The van der Waals surface area contributed by atoms with Crippen LogP contribution in [0.15, 0.2) is 54.6 Å². The molecule has 20 nitrogen and oxygen atoms in total. The van der Waals surface area contributed by atoms with Gasteiger partial charge in [0.1, 0.15) is 34.8 Å². The molecular weight excluding hydrogens is 991 g/mol. The lowest BCUT2D eigenvalue weighted by Crippen LogP contribution is -2.44. The average molecular weight is 1060 g/mol. The number of nitro benzene ring substituents is 2. The van der Waals surface area contributed by atoms with Gasteiger partial charge in [-0.2, -0.15) is 0 Å². The number of carbonyl (C=O) groups is 3. The molecule has 3 aliphatic heterocycles. The van der Waals surface area contributed by atoms with Crippen molar-refractivity contribution in [1.82, 2.24) is 14.7 Å². The Labute approximate surface area is 429 Å². The number of nitrogens with two attached hydrogens (primary N) is 1. The van der Waals surface area contributed by atoms with Crippen LogP contribution in [0, 0.1) is 20.2 Å². The number of benzene rings is 3. The summed E-state index contributed by atoms with van der Waals surface area (Å²) in [5.74, 6) is 0.458. The van der Waals surface area contributed by atoms with Crippen molar-refractivity contribution in [2.45, 2.75) is 136 Å². The molecule has 0 aromatic heterocycles. The summed E-state index contributed by atoms with van der Waals surface area (Å²) < 4.78 is 27.6. The van der Waals surface area contributed by atoms with E-state index in [0.29, 0.717) is 81.4 Å². The molecule has 3 amide bonds. The Balaban J connectivity index is 0.000000261. The third-order valence-corrected chi connectivity index (χ3v) is 10.8. The highest BCUT2D eigenvalue weighted by atomic mass is 35.5. The maximum atomic E-state index is 12.0. The summed E-state index contributed by atoms with van der Waals surface area (Å²) in [4.78, 5) is 60.6. The third-order valence-electron chi connectivity index (χ3n) is 10.1. The highest BCUT2D eigenvalue weighted by molar-refractivity contribution is 6.31. The molecule has 0 radical (unpaired) electrons. The predicted molar refractivity (Wildman–Crippen MR) is 270 cm³/mol. The van der Waals surface area contributed by atoms with Crippen molar-refractivity contribution in [2.75, 3.05) is 45.0 Å². The molecule has 0 saturated carbocycles. The second kappa shape index (κ2) is 26.7. The Hall–Kier alpha value is -5.70. The molecule has 3 aromatic carbocycles. The van der Waals surface area contributed by atoms with Crippen LogP contribution >= 0.6 is 34.8 Å². The molecule has 3 heterocycles. The lowest BCUT2D eigenvalue weighted by atomic mass is 10.1. The van der Waals surface area contributed by atoms with Crippen molar-refractivity contribution in [2.24, 2.45) is 0 Å². The Morgan fingerprint density at radius 2 is 0.887 bits per heavy atom. The number of aliphatic hydroxyl groups is 1. The minimum atomic E-state index is -0.693. The number of phenolic OH excluding ortho intramolecular Hbond substituents is 1. The normalized spacial score (nSPS) is 15.8. The van der Waals surface area contributed by atoms with Gasteiger partial charge in [0.15, 0.2) is 11.5 Å². The minimum Gasteiger partial charge on any atom is -0.502 e. The van der Waals surface area contributed by atoms with Gasteiger partial charge in [-0.1, -0.05) is 34.8 Å². The SMILES string of the molecule is CC(C)(C)OC(=O)N1CCC(O)CC1.CC(C)(C)OC(=O)N1CCC(Oc2ccc(Cl)cc2N)CC1.CC(C)(C)OC(=O)N1CCC(Oc2ccc(Cl)cc2[N+](=O)[O-])CC1.O=[N+]([O-])c1cc(Cl)ccc1O. The second-order valence-corrected chi connectivity index (χ2v) is 21.0. The monoisotopic (exact) mass is 1060 g/mol. The van der Waals surface area contributed by atoms with Gasteiger partial charge in [-0.3, -0.25) is 20.2 Å². The first-order valence-corrected chi connectivity index (χ1v) is 24.1. The van der Waals surface area contributed by atoms with E-state index in [1.807, 2.05) is 62.3 Å². The molecule has 3 fully saturated rings. The van der Waals surface area contributed by atoms with Crippen molar-refractivity contribution in [3.05, 3.63) is 89.9 Å². The third kappa shape index (κ3) is 22.1. The maximum Gasteiger partial charge on any atom is 0.410 e. The molecule has 3 aromatic rings. The number of piperidine rings is 3. The first-order chi connectivity index (χ1) is 32.9. The number of phenols is 1. The van der Waals surface area contributed by atoms with Crippen molar-refractivity contribution in [1.29, 1.82) is 0 Å². The molecule has 0 spiro atoms. The number of halogens is 3. The van der Waals surface area contributed by atoms with Crippen molar-refractivity contribution < 1.29 is 58.1 Å². The zero-order valence-corrected chi connectivity index (χ0v) is 43.9. The summed E-state index contributed by atoms with van der Waals surface area (Å²) in [6.07, 6.45) is 2.68. The number of nitro groups is 2. The van der Waals surface area contributed by atoms with Gasteiger partial charge in [0.05, 0.1) is 21.6 Å². The fraction of sp³-hybridized carbons (Fsp3) is 0.562. The Morgan fingerprint density at radius 3 is 1.24 bits per heavy atom. The van der Waals surface area contributed by atoms with E-state index in [1.54, 1.807) is 39.0 Å². The topological polar surface area (TPSA) is 260 Å². The first-order valence-electron chi connectivity index (χ1n) is 23.0. The van der Waals surface area contributed by atoms with Gasteiger partial charge in [0, 0.05) is 92.2 Å². The summed E-state index contributed by atoms with van der Waals surface area (Å²) in [5, 5.41) is 40.5. The van der Waals surface area contributed by atoms with E-state index in [4.69, 9.17) is 69.3 Å². The van der Waals surface area contributed by atoms with Gasteiger partial charge < -0.3 is 54.3 Å². The van der Waals surface area contributed by atoms with Crippen molar-refractivity contribution >= 4 is 70.1 Å². The van der Waals surface area contributed by atoms with Crippen molar-refractivity contribution in [3.8, 4) is 17.2 Å². The molecule has 71 heavy (non-hydrogen) atoms. The number of hydrogen-bond acceptors (Lipinski definition) is 15. The van der Waals surface area contributed by atoms with Crippen LogP contribution in [0.4, 0.5) is 31.4 Å². The Kier molecular flexibility index (Phi) is 22.4. The Morgan fingerprint density at radius 1 is 0.563 bits per heavy atom. The minimum absolute atomic E-state index is 0.0437. The lowest BCUT2D eigenvalue weighted by molar-refractivity contribution is -0.386. The zero-order chi connectivity index (χ0) is 53.4. The number of nitrogen functional groups attached to an aromatic ring is 1. The quantitative estimate of drug-likeness (QED) is 0.0897. The number of amides is 3. The highest BCUT2D eigenvalue weighted by Gasteiger charge is 2.31. The number of ether oxygens (including phenoxy) is 5. The van der Waals surface area contributed by atoms with Crippen LogP contribution in [0.3, 0.4) is 0 Å². The second-order valence-electron chi connectivity index (χ2n) is 19.7. The van der Waals surface area contributed by atoms with Crippen LogP contribution in [-0.4, -0.2) is 127 Å². The maximum absolute atomic E-state index is 12.0. The van der Waals surface area contributed by atoms with Gasteiger partial charge in [0.25, 0.3) is 0 Å². The van der Waals surface area contributed by atoms with Gasteiger partial charge in [-0.25, -0.2) is 14.4 Å². The molecule has 3 saturated heterocycles. The van der Waals surface area contributed by atoms with Crippen LogP contribution in [-0.2, 0) is 14.2 Å². The molecule has 0 aliphatic carbocycles. The van der Waals surface area contributed by atoms with Crippen LogP contribution < -0.4 is 15.2 Å². The lowest BCUT2D eigenvalue weighted by Gasteiger charge is -2.33. The van der Waals surface area contributed by atoms with Crippen LogP contribution in [0.2, 0.25) is 15.1 Å². The van der Waals surface area contributed by atoms with Crippen molar-refractivity contribution in [3.63, 3.8) is 0 Å². The largest absolute Gasteiger partial charge is 0.502 e. The van der Waals surface area contributed by atoms with Gasteiger partial charge in [-0.05, 0) is 118 Å². The summed E-state index contributed by atoms with van der Waals surface area (Å²) in [5.41, 5.74) is 4.45. The standard InChI is InChI=1S/C16H21ClN2O5.C16H23ClN2O3.C10H19NO3.C6H4ClNO3/c1-16(2,3)24-15(20)18-8-6-12(7-9-18)23-14-5-4-11(17)10-13(14)19(21)22;1-16(2,3)22-15(20)19-8-6-12(7-9-19)21-14-5-4-11(17)10-13(14)18;1-10(2,3)14-9(13)11-6-4-8(12)5-7-11;7-4-1-2-6(9)5(3-4)8(10)11/h4-5,10,12H,6-9H2,1-3H3;4-5,10,12H,6-9,18H2,1-3H3;8,12H,4-7H2,1-3H3;1-3,9H. The number of carbonyl (C=O) groups excluding carboxylic acids is 3. The van der Waals surface area contributed by atoms with Gasteiger partial charge in [-0.15, -0.1) is 0 Å². The molecular formula is C48H67Cl3N6O14. The zero-order valence-electron chi connectivity index (χ0n) is 41.7. The molecule has 0 unspecified atom stereocenters. The van der Waals surface area contributed by atoms with E-state index in [9.17, 15) is 39.7 Å². The smallest absolute Gasteiger partial charge is 0.410 e. The molecule has 3 aliphatic rings. The Bertz CT molecular complexity index is 2260. The molecule has 6 rings (SSSR count). The van der Waals surface area contributed by atoms with E-state index < -0.39 is 26.6 Å². The predicted octanol–water partition coefficient (Wildman–Crippen LogP) is 11.1. The number of rotatable bonds is 6. The number of likely N-dealkylation sites (tertiary alicyclic amines) is 3. The van der Waals surface area contributed by atoms with E-state index in [-0.39, 0.29) is 69.5 Å². The average Bonchev–Trinajstić information content (AvgIpc) is 3.25. The fourth-order valence-corrected chi connectivity index (χ4v) is 7.21. The first kappa shape index (κ1) is 59.6. The van der Waals surface area contributed by atoms with Crippen LogP contribution in [0.1, 0.15) is 101 Å². The molecule has 23 heteroatoms. The van der Waals surface area contributed by atoms with E-state index >= 15 is 0 Å². The number of hydrogen-bond donors (Lipinski definition) is 3. The summed E-state index contributed by atoms with van der Waals surface area (Å²) >= 11 is 17.1. The number of nitrogens with zero attached hydrogens (tertiary/aromatic N) is 5. The van der Waals surface area contributed by atoms with Crippen LogP contribution in [0.25, 0.3) is 0 Å². The molecule has 0 atom stereocenters.